The second kappa shape index (κ2) is 5.69. The lowest BCUT2D eigenvalue weighted by Gasteiger charge is -2.21. The predicted octanol–water partition coefficient (Wildman–Crippen LogP) is 3.61. The van der Waals surface area contributed by atoms with Crippen molar-refractivity contribution in [2.24, 2.45) is 5.41 Å². The molecule has 2 aromatic rings. The zero-order chi connectivity index (χ0) is 15.0. The third-order valence-electron chi connectivity index (χ3n) is 4.72. The van der Waals surface area contributed by atoms with E-state index in [1.54, 1.807) is 6.20 Å². The molecular weight excluding hydrogens is 300 g/mol. The van der Waals surface area contributed by atoms with E-state index in [1.807, 2.05) is 24.3 Å². The van der Waals surface area contributed by atoms with E-state index in [2.05, 4.69) is 9.88 Å². The molecule has 0 N–H and O–H groups in total. The van der Waals surface area contributed by atoms with Gasteiger partial charge in [-0.2, -0.15) is 0 Å². The highest BCUT2D eigenvalue weighted by Gasteiger charge is 2.41. The van der Waals surface area contributed by atoms with E-state index in [0.29, 0.717) is 10.4 Å². The summed E-state index contributed by atoms with van der Waals surface area (Å²) in [6.07, 6.45) is 4.18. The Morgan fingerprint density at radius 1 is 1.32 bits per heavy atom. The summed E-state index contributed by atoms with van der Waals surface area (Å²) >= 11 is 6.03. The van der Waals surface area contributed by atoms with Gasteiger partial charge in [0.05, 0.1) is 19.3 Å². The fraction of sp³-hybridized carbons (Fsp3) is 0.471. The Morgan fingerprint density at radius 3 is 3.09 bits per heavy atom. The summed E-state index contributed by atoms with van der Waals surface area (Å²) in [4.78, 5) is 6.84. The van der Waals surface area contributed by atoms with Crippen molar-refractivity contribution >= 4 is 11.6 Å². The monoisotopic (exact) mass is 318 g/mol. The minimum absolute atomic E-state index is 0.377. The van der Waals surface area contributed by atoms with Gasteiger partial charge in [0.15, 0.2) is 5.76 Å². The second-order valence-electron chi connectivity index (χ2n) is 6.39. The normalized spacial score (nSPS) is 25.3. The maximum atomic E-state index is 6.03. The van der Waals surface area contributed by atoms with Crippen molar-refractivity contribution in [1.82, 2.24) is 9.88 Å². The van der Waals surface area contributed by atoms with E-state index in [-0.39, 0.29) is 0 Å². The summed E-state index contributed by atoms with van der Waals surface area (Å²) in [7, 11) is 0. The van der Waals surface area contributed by atoms with Crippen molar-refractivity contribution in [1.29, 1.82) is 0 Å². The third kappa shape index (κ3) is 2.78. The summed E-state index contributed by atoms with van der Waals surface area (Å²) in [6.45, 7) is 4.76. The zero-order valence-electron chi connectivity index (χ0n) is 12.4. The van der Waals surface area contributed by atoms with Crippen molar-refractivity contribution in [3.63, 3.8) is 0 Å². The molecule has 1 aromatic heterocycles. The first kappa shape index (κ1) is 14.2. The van der Waals surface area contributed by atoms with Gasteiger partial charge in [-0.3, -0.25) is 4.90 Å². The quantitative estimate of drug-likeness (QED) is 0.866. The van der Waals surface area contributed by atoms with Gasteiger partial charge in [0, 0.05) is 29.2 Å². The van der Waals surface area contributed by atoms with Crippen LogP contribution in [-0.4, -0.2) is 36.2 Å². The number of aromatic nitrogens is 1. The van der Waals surface area contributed by atoms with Gasteiger partial charge in [0.2, 0.25) is 5.89 Å². The SMILES string of the molecule is Clc1cccc(-c2cnc(CN3CCC4(CCOC4)C3)o2)c1. The van der Waals surface area contributed by atoms with Crippen LogP contribution in [0.3, 0.4) is 0 Å². The molecule has 22 heavy (non-hydrogen) atoms. The molecule has 0 bridgehead atoms. The van der Waals surface area contributed by atoms with Crippen LogP contribution in [0.15, 0.2) is 34.9 Å². The molecule has 3 heterocycles. The Bertz CT molecular complexity index is 664. The average Bonchev–Trinajstić information content (AvgIpc) is 3.23. The second-order valence-corrected chi connectivity index (χ2v) is 6.83. The van der Waals surface area contributed by atoms with Crippen LogP contribution < -0.4 is 0 Å². The molecule has 0 aliphatic carbocycles. The van der Waals surface area contributed by atoms with Crippen LogP contribution in [0.1, 0.15) is 18.7 Å². The lowest BCUT2D eigenvalue weighted by Crippen LogP contribution is -2.27. The minimum atomic E-state index is 0.377. The van der Waals surface area contributed by atoms with Crippen LogP contribution in [0, 0.1) is 5.41 Å². The fourth-order valence-corrected chi connectivity index (χ4v) is 3.67. The number of nitrogens with zero attached hydrogens (tertiary/aromatic N) is 2. The molecule has 116 valence electrons. The van der Waals surface area contributed by atoms with Gasteiger partial charge >= 0.3 is 0 Å². The lowest BCUT2D eigenvalue weighted by molar-refractivity contribution is 0.150. The van der Waals surface area contributed by atoms with E-state index < -0.39 is 0 Å². The number of ether oxygens (including phenoxy) is 1. The Hall–Kier alpha value is -1.36. The number of oxazole rings is 1. The summed E-state index contributed by atoms with van der Waals surface area (Å²) < 4.78 is 11.5. The first-order valence-corrected chi connectivity index (χ1v) is 8.11. The highest BCUT2D eigenvalue weighted by Crippen LogP contribution is 2.38. The van der Waals surface area contributed by atoms with Crippen LogP contribution in [0.5, 0.6) is 0 Å². The molecule has 4 rings (SSSR count). The standard InChI is InChI=1S/C17H19ClN2O2/c18-14-3-1-2-13(8-14)15-9-19-16(22-15)10-20-6-4-17(11-20)5-7-21-12-17/h1-3,8-9H,4-7,10-12H2. The molecule has 1 atom stereocenters. The third-order valence-corrected chi connectivity index (χ3v) is 4.96. The van der Waals surface area contributed by atoms with Crippen molar-refractivity contribution in [2.75, 3.05) is 26.3 Å². The Kier molecular flexibility index (Phi) is 3.68. The van der Waals surface area contributed by atoms with Crippen LogP contribution in [0.25, 0.3) is 11.3 Å². The maximum Gasteiger partial charge on any atom is 0.209 e. The summed E-state index contributed by atoms with van der Waals surface area (Å²) in [5.74, 6) is 1.54. The Morgan fingerprint density at radius 2 is 2.27 bits per heavy atom. The minimum Gasteiger partial charge on any atom is -0.439 e. The van der Waals surface area contributed by atoms with Crippen molar-refractivity contribution in [3.05, 3.63) is 41.4 Å². The molecule has 5 heteroatoms. The number of hydrogen-bond acceptors (Lipinski definition) is 4. The van der Waals surface area contributed by atoms with Gasteiger partial charge in [0.25, 0.3) is 0 Å². The summed E-state index contributed by atoms with van der Waals surface area (Å²) in [5.41, 5.74) is 1.34. The summed E-state index contributed by atoms with van der Waals surface area (Å²) in [6, 6.07) is 7.66. The molecule has 2 aliphatic rings. The number of rotatable bonds is 3. The van der Waals surface area contributed by atoms with Gasteiger partial charge in [-0.15, -0.1) is 0 Å². The Labute approximate surface area is 135 Å². The van der Waals surface area contributed by atoms with Crippen LogP contribution in [-0.2, 0) is 11.3 Å². The maximum absolute atomic E-state index is 6.03. The molecule has 2 saturated heterocycles. The molecule has 2 fully saturated rings. The first-order valence-electron chi connectivity index (χ1n) is 7.73. The number of likely N-dealkylation sites (tertiary alicyclic amines) is 1. The van der Waals surface area contributed by atoms with Gasteiger partial charge in [-0.25, -0.2) is 4.98 Å². The lowest BCUT2D eigenvalue weighted by atomic mass is 9.87. The molecule has 1 spiro atoms. The fourth-order valence-electron chi connectivity index (χ4n) is 3.48. The molecule has 0 saturated carbocycles. The van der Waals surface area contributed by atoms with Crippen LogP contribution >= 0.6 is 11.6 Å². The zero-order valence-corrected chi connectivity index (χ0v) is 13.2. The van der Waals surface area contributed by atoms with Gasteiger partial charge in [0.1, 0.15) is 0 Å². The average molecular weight is 319 g/mol. The molecule has 1 unspecified atom stereocenters. The highest BCUT2D eigenvalue weighted by molar-refractivity contribution is 6.30. The topological polar surface area (TPSA) is 38.5 Å². The molecule has 0 amide bonds. The van der Waals surface area contributed by atoms with Crippen LogP contribution in [0.4, 0.5) is 0 Å². The molecular formula is C17H19ClN2O2. The molecule has 4 nitrogen and oxygen atoms in total. The molecule has 2 aliphatic heterocycles. The number of benzene rings is 1. The Balaban J connectivity index is 1.44. The van der Waals surface area contributed by atoms with Gasteiger partial charge in [-0.1, -0.05) is 23.7 Å². The van der Waals surface area contributed by atoms with Gasteiger partial charge < -0.3 is 9.15 Å². The largest absolute Gasteiger partial charge is 0.439 e. The highest BCUT2D eigenvalue weighted by atomic mass is 35.5. The van der Waals surface area contributed by atoms with E-state index in [9.17, 15) is 0 Å². The first-order chi connectivity index (χ1) is 10.7. The summed E-state index contributed by atoms with van der Waals surface area (Å²) in [5, 5.41) is 0.707. The van der Waals surface area contributed by atoms with E-state index >= 15 is 0 Å². The van der Waals surface area contributed by atoms with Crippen molar-refractivity contribution in [3.8, 4) is 11.3 Å². The van der Waals surface area contributed by atoms with Gasteiger partial charge in [-0.05, 0) is 31.5 Å². The van der Waals surface area contributed by atoms with Crippen molar-refractivity contribution in [2.45, 2.75) is 19.4 Å². The van der Waals surface area contributed by atoms with Crippen LogP contribution in [0.2, 0.25) is 5.02 Å². The number of hydrogen-bond donors (Lipinski definition) is 0. The predicted molar refractivity (Wildman–Crippen MR) is 84.7 cm³/mol. The molecule has 1 aromatic carbocycles. The van der Waals surface area contributed by atoms with E-state index in [4.69, 9.17) is 20.8 Å². The molecule has 0 radical (unpaired) electrons. The number of halogens is 1. The smallest absolute Gasteiger partial charge is 0.209 e. The van der Waals surface area contributed by atoms with Crippen molar-refractivity contribution < 1.29 is 9.15 Å². The van der Waals surface area contributed by atoms with E-state index in [0.717, 1.165) is 50.1 Å². The van der Waals surface area contributed by atoms with E-state index in [1.165, 1.54) is 12.8 Å².